The summed E-state index contributed by atoms with van der Waals surface area (Å²) in [6.45, 7) is 0. The van der Waals surface area contributed by atoms with Crippen molar-refractivity contribution in [1.82, 2.24) is 19.9 Å². The molecule has 61 heavy (non-hydrogen) atoms. The van der Waals surface area contributed by atoms with Gasteiger partial charge in [-0.15, -0.1) is 0 Å². The number of nitrogens with zero attached hydrogens (tertiary/aromatic N) is 5. The summed E-state index contributed by atoms with van der Waals surface area (Å²) >= 11 is 0. The fourth-order valence-corrected chi connectivity index (χ4v) is 8.24. The zero-order chi connectivity index (χ0) is 40.5. The van der Waals surface area contributed by atoms with Gasteiger partial charge in [0.15, 0.2) is 17.5 Å². The van der Waals surface area contributed by atoms with E-state index in [9.17, 15) is 0 Å². The molecule has 6 nitrogen and oxygen atoms in total. The molecule has 0 saturated carbocycles. The second kappa shape index (κ2) is 15.6. The highest BCUT2D eigenvalue weighted by Gasteiger charge is 2.20. The summed E-state index contributed by atoms with van der Waals surface area (Å²) in [5.41, 5.74) is 14.2. The zero-order valence-corrected chi connectivity index (χ0v) is 33.1. The van der Waals surface area contributed by atoms with Gasteiger partial charge in [0.2, 0.25) is 0 Å². The topological polar surface area (TPSA) is 77.1 Å². The van der Waals surface area contributed by atoms with E-state index in [1.807, 2.05) is 97.4 Å². The minimum Gasteiger partial charge on any atom is -0.455 e. The Morgan fingerprint density at radius 1 is 0.459 bits per heavy atom. The molecule has 288 valence electrons. The van der Waals surface area contributed by atoms with Crippen molar-refractivity contribution in [2.75, 3.05) is 0 Å². The molecule has 11 rings (SSSR count). The number of fused-ring (bicyclic) bond motifs is 3. The predicted molar refractivity (Wildman–Crippen MR) is 248 cm³/mol. The number of allylic oxidation sites excluding steroid dienone is 1. The van der Waals surface area contributed by atoms with Gasteiger partial charge in [-0.25, -0.2) is 15.0 Å². The molecule has 0 N–H and O–H groups in total. The molecule has 1 aliphatic rings. The Bertz CT molecular complexity index is 3170. The summed E-state index contributed by atoms with van der Waals surface area (Å²) < 4.78 is 6.85. The Balaban J connectivity index is 1.03. The van der Waals surface area contributed by atoms with E-state index < -0.39 is 0 Å². The molecule has 1 aliphatic heterocycles. The van der Waals surface area contributed by atoms with E-state index in [-0.39, 0.29) is 6.04 Å². The fourth-order valence-electron chi connectivity index (χ4n) is 8.24. The first-order chi connectivity index (χ1) is 30.2. The summed E-state index contributed by atoms with van der Waals surface area (Å²) in [7, 11) is 0. The van der Waals surface area contributed by atoms with Crippen LogP contribution in [0.15, 0.2) is 210 Å². The third-order valence-electron chi connectivity index (χ3n) is 11.4. The lowest BCUT2D eigenvalue weighted by Crippen LogP contribution is -2.00. The summed E-state index contributed by atoms with van der Waals surface area (Å²) in [4.78, 5) is 24.1. The molecular weight excluding hydrogens is 747 g/mol. The normalized spacial score (nSPS) is 13.5. The third kappa shape index (κ3) is 7.00. The Morgan fingerprint density at radius 2 is 1.05 bits per heavy atom. The van der Waals surface area contributed by atoms with E-state index in [1.165, 1.54) is 5.56 Å². The van der Waals surface area contributed by atoms with Gasteiger partial charge in [0.05, 0.1) is 11.7 Å². The minimum atomic E-state index is 0.142. The van der Waals surface area contributed by atoms with Gasteiger partial charge in [-0.3, -0.25) is 9.98 Å². The summed E-state index contributed by atoms with van der Waals surface area (Å²) in [6, 6.07) is 63.1. The predicted octanol–water partition coefficient (Wildman–Crippen LogP) is 13.9. The highest BCUT2D eigenvalue weighted by atomic mass is 16.3. The molecular formula is C55H37N5O. The molecule has 4 heterocycles. The van der Waals surface area contributed by atoms with E-state index in [1.54, 1.807) is 0 Å². The number of aromatic nitrogens is 4. The van der Waals surface area contributed by atoms with Crippen molar-refractivity contribution in [3.63, 3.8) is 0 Å². The monoisotopic (exact) mass is 783 g/mol. The van der Waals surface area contributed by atoms with E-state index >= 15 is 0 Å². The SMILES string of the molecule is C1=CCC(c2ccc(-c3cc(-c4ccc(-c5ccccn5)cc4)c4oc5cccc(-c6ccc(-c7nc(-c8ccccc8)nc(-c8ccccc8)n7)cc6)c5c4c3)cc2)N=C1. The highest BCUT2D eigenvalue weighted by molar-refractivity contribution is 6.16. The van der Waals surface area contributed by atoms with Gasteiger partial charge in [-0.2, -0.15) is 0 Å². The lowest BCUT2D eigenvalue weighted by atomic mass is 9.92. The maximum absolute atomic E-state index is 6.85. The fraction of sp³-hybridized carbons (Fsp3) is 0.0364. The molecule has 0 spiro atoms. The summed E-state index contributed by atoms with van der Waals surface area (Å²) in [5, 5.41) is 2.12. The van der Waals surface area contributed by atoms with Crippen LogP contribution in [-0.2, 0) is 0 Å². The number of hydrogen-bond donors (Lipinski definition) is 0. The van der Waals surface area contributed by atoms with Crippen molar-refractivity contribution in [1.29, 1.82) is 0 Å². The van der Waals surface area contributed by atoms with Gasteiger partial charge in [0.25, 0.3) is 0 Å². The van der Waals surface area contributed by atoms with Crippen LogP contribution in [0.1, 0.15) is 18.0 Å². The van der Waals surface area contributed by atoms with Gasteiger partial charge in [-0.05, 0) is 76.2 Å². The molecule has 0 aliphatic carbocycles. The van der Waals surface area contributed by atoms with E-state index in [0.29, 0.717) is 17.5 Å². The van der Waals surface area contributed by atoms with Crippen LogP contribution in [0.5, 0.6) is 0 Å². The molecule has 3 aromatic heterocycles. The van der Waals surface area contributed by atoms with Crippen molar-refractivity contribution in [3.05, 3.63) is 206 Å². The minimum absolute atomic E-state index is 0.142. The molecule has 0 saturated heterocycles. The number of benzene rings is 7. The number of aliphatic imine (C=N–C) groups is 1. The first kappa shape index (κ1) is 36.0. The van der Waals surface area contributed by atoms with Crippen LogP contribution in [0, 0.1) is 0 Å². The zero-order valence-electron chi connectivity index (χ0n) is 33.1. The lowest BCUT2D eigenvalue weighted by Gasteiger charge is -2.14. The number of pyridine rings is 1. The second-order valence-corrected chi connectivity index (χ2v) is 15.2. The molecule has 1 unspecified atom stereocenters. The maximum Gasteiger partial charge on any atom is 0.164 e. The van der Waals surface area contributed by atoms with Crippen molar-refractivity contribution in [3.8, 4) is 78.8 Å². The average Bonchev–Trinajstić information content (AvgIpc) is 3.74. The first-order valence-electron chi connectivity index (χ1n) is 20.5. The van der Waals surface area contributed by atoms with Crippen LogP contribution < -0.4 is 0 Å². The summed E-state index contributed by atoms with van der Waals surface area (Å²) in [5.74, 6) is 1.89. The maximum atomic E-state index is 6.85. The Hall–Kier alpha value is -8.09. The smallest absolute Gasteiger partial charge is 0.164 e. The van der Waals surface area contributed by atoms with Crippen LogP contribution in [0.2, 0.25) is 0 Å². The van der Waals surface area contributed by atoms with Crippen LogP contribution in [0.25, 0.3) is 101 Å². The summed E-state index contributed by atoms with van der Waals surface area (Å²) in [6.07, 6.45) is 8.82. The average molecular weight is 784 g/mol. The Labute approximate surface area is 353 Å². The number of dihydropyridines is 1. The molecule has 0 radical (unpaired) electrons. The second-order valence-electron chi connectivity index (χ2n) is 15.2. The molecule has 0 fully saturated rings. The number of hydrogen-bond acceptors (Lipinski definition) is 6. The van der Waals surface area contributed by atoms with Gasteiger partial charge >= 0.3 is 0 Å². The van der Waals surface area contributed by atoms with Crippen LogP contribution in [-0.4, -0.2) is 26.2 Å². The van der Waals surface area contributed by atoms with E-state index in [4.69, 9.17) is 24.4 Å². The van der Waals surface area contributed by atoms with Crippen LogP contribution in [0.4, 0.5) is 0 Å². The Morgan fingerprint density at radius 3 is 1.67 bits per heavy atom. The highest BCUT2D eigenvalue weighted by Crippen LogP contribution is 2.44. The quantitative estimate of drug-likeness (QED) is 0.153. The van der Waals surface area contributed by atoms with Crippen molar-refractivity contribution < 1.29 is 4.42 Å². The van der Waals surface area contributed by atoms with Gasteiger partial charge in [0.1, 0.15) is 11.2 Å². The lowest BCUT2D eigenvalue weighted by molar-refractivity contribution is 0.670. The first-order valence-corrected chi connectivity index (χ1v) is 20.5. The standard InChI is InChI=1S/C55H37N5O/c1-3-12-41(13-4-1)53-58-54(42-14-5-2-6-15-42)60-55(59-53)43-30-24-37(25-31-43)45-16-11-19-50-51(45)47-35-44(36-20-26-39(27-21-36)48-17-7-9-32-56-48)34-46(52(47)61-50)38-22-28-40(29-23-38)49-18-8-10-33-57-49/h1-16,18-35,48H,17H2. The van der Waals surface area contributed by atoms with Crippen molar-refractivity contribution in [2.24, 2.45) is 4.99 Å². The third-order valence-corrected chi connectivity index (χ3v) is 11.4. The van der Waals surface area contributed by atoms with E-state index in [2.05, 4.69) is 114 Å². The van der Waals surface area contributed by atoms with Crippen molar-refractivity contribution >= 4 is 28.2 Å². The molecule has 1 atom stereocenters. The van der Waals surface area contributed by atoms with Gasteiger partial charge in [-0.1, -0.05) is 158 Å². The molecule has 10 aromatic rings. The van der Waals surface area contributed by atoms with Gasteiger partial charge in [0, 0.05) is 51.0 Å². The number of furan rings is 1. The van der Waals surface area contributed by atoms with Crippen LogP contribution in [0.3, 0.4) is 0 Å². The molecule has 6 heteroatoms. The molecule has 7 aromatic carbocycles. The molecule has 0 amide bonds. The van der Waals surface area contributed by atoms with Crippen LogP contribution >= 0.6 is 0 Å². The largest absolute Gasteiger partial charge is 0.455 e. The van der Waals surface area contributed by atoms with E-state index in [0.717, 1.165) is 89.7 Å². The molecule has 0 bridgehead atoms. The Kier molecular flexibility index (Phi) is 9.20. The number of rotatable bonds is 8. The van der Waals surface area contributed by atoms with Gasteiger partial charge < -0.3 is 4.42 Å². The van der Waals surface area contributed by atoms with Crippen molar-refractivity contribution in [2.45, 2.75) is 12.5 Å².